The molecule has 3 nitrogen and oxygen atoms in total. The molecule has 2 atom stereocenters. The maximum absolute atomic E-state index is 4.30. The predicted molar refractivity (Wildman–Crippen MR) is 82.8 cm³/mol. The number of nitrogens with one attached hydrogen (secondary N) is 1. The topological polar surface area (TPSA) is 29.9 Å². The minimum atomic E-state index is 0.613. The molecule has 2 aromatic rings. The Labute approximate surface area is 121 Å². The Morgan fingerprint density at radius 3 is 2.85 bits per heavy atom. The second-order valence-electron chi connectivity index (χ2n) is 5.87. The summed E-state index contributed by atoms with van der Waals surface area (Å²) in [6.45, 7) is 3.20. The van der Waals surface area contributed by atoms with Crippen molar-refractivity contribution in [2.45, 2.75) is 45.2 Å². The summed E-state index contributed by atoms with van der Waals surface area (Å²) >= 11 is 0. The third kappa shape index (κ3) is 3.03. The van der Waals surface area contributed by atoms with E-state index in [2.05, 4.69) is 41.6 Å². The Balaban J connectivity index is 1.75. The SMILES string of the molecule is CC1CCCCC1Nc1ccccc1Cn1cccn1. The summed E-state index contributed by atoms with van der Waals surface area (Å²) in [5.41, 5.74) is 2.58. The molecule has 1 aromatic carbocycles. The monoisotopic (exact) mass is 269 g/mol. The Hall–Kier alpha value is -1.77. The number of hydrogen-bond donors (Lipinski definition) is 1. The molecule has 1 heterocycles. The van der Waals surface area contributed by atoms with E-state index in [-0.39, 0.29) is 0 Å². The highest BCUT2D eigenvalue weighted by Gasteiger charge is 2.21. The van der Waals surface area contributed by atoms with Crippen LogP contribution in [0.2, 0.25) is 0 Å². The van der Waals surface area contributed by atoms with Crippen molar-refractivity contribution < 1.29 is 0 Å². The second-order valence-corrected chi connectivity index (χ2v) is 5.87. The highest BCUT2D eigenvalue weighted by molar-refractivity contribution is 5.52. The van der Waals surface area contributed by atoms with Crippen LogP contribution in [0.5, 0.6) is 0 Å². The van der Waals surface area contributed by atoms with Crippen molar-refractivity contribution in [3.05, 3.63) is 48.3 Å². The summed E-state index contributed by atoms with van der Waals surface area (Å²) < 4.78 is 1.98. The minimum Gasteiger partial charge on any atom is -0.382 e. The Bertz CT molecular complexity index is 533. The summed E-state index contributed by atoms with van der Waals surface area (Å²) in [6.07, 6.45) is 9.22. The number of nitrogens with zero attached hydrogens (tertiary/aromatic N) is 2. The molecule has 0 bridgehead atoms. The van der Waals surface area contributed by atoms with E-state index >= 15 is 0 Å². The van der Waals surface area contributed by atoms with Gasteiger partial charge in [-0.1, -0.05) is 38.0 Å². The molecule has 0 saturated heterocycles. The number of anilines is 1. The Morgan fingerprint density at radius 2 is 2.05 bits per heavy atom. The normalized spacial score (nSPS) is 22.6. The van der Waals surface area contributed by atoms with Gasteiger partial charge < -0.3 is 5.32 Å². The highest BCUT2D eigenvalue weighted by Crippen LogP contribution is 2.28. The predicted octanol–water partition coefficient (Wildman–Crippen LogP) is 3.92. The fraction of sp³-hybridized carbons (Fsp3) is 0.471. The smallest absolute Gasteiger partial charge is 0.0679 e. The fourth-order valence-corrected chi connectivity index (χ4v) is 3.10. The molecule has 3 rings (SSSR count). The van der Waals surface area contributed by atoms with Gasteiger partial charge in [-0.2, -0.15) is 5.10 Å². The summed E-state index contributed by atoms with van der Waals surface area (Å²) in [6, 6.07) is 11.2. The van der Waals surface area contributed by atoms with Crippen molar-refractivity contribution in [2.75, 3.05) is 5.32 Å². The van der Waals surface area contributed by atoms with Crippen LogP contribution in [-0.4, -0.2) is 15.8 Å². The summed E-state index contributed by atoms with van der Waals surface area (Å²) in [4.78, 5) is 0. The highest BCUT2D eigenvalue weighted by atomic mass is 15.3. The van der Waals surface area contributed by atoms with E-state index < -0.39 is 0 Å². The average molecular weight is 269 g/mol. The van der Waals surface area contributed by atoms with Gasteiger partial charge >= 0.3 is 0 Å². The fourth-order valence-electron chi connectivity index (χ4n) is 3.10. The van der Waals surface area contributed by atoms with Crippen molar-refractivity contribution in [3.8, 4) is 0 Å². The molecule has 3 heteroatoms. The number of hydrogen-bond acceptors (Lipinski definition) is 2. The van der Waals surface area contributed by atoms with E-state index in [4.69, 9.17) is 0 Å². The van der Waals surface area contributed by atoms with Crippen LogP contribution in [0.25, 0.3) is 0 Å². The van der Waals surface area contributed by atoms with Gasteiger partial charge in [0.2, 0.25) is 0 Å². The lowest BCUT2D eigenvalue weighted by atomic mass is 9.85. The lowest BCUT2D eigenvalue weighted by molar-refractivity contribution is 0.349. The first-order valence-electron chi connectivity index (χ1n) is 7.65. The molecule has 1 aromatic heterocycles. The maximum Gasteiger partial charge on any atom is 0.0679 e. The van der Waals surface area contributed by atoms with Gasteiger partial charge in [0.15, 0.2) is 0 Å². The van der Waals surface area contributed by atoms with E-state index in [0.717, 1.165) is 12.5 Å². The van der Waals surface area contributed by atoms with Gasteiger partial charge in [-0.25, -0.2) is 0 Å². The van der Waals surface area contributed by atoms with Gasteiger partial charge in [0.25, 0.3) is 0 Å². The molecule has 1 aliphatic carbocycles. The molecule has 2 unspecified atom stereocenters. The Morgan fingerprint density at radius 1 is 1.20 bits per heavy atom. The lowest BCUT2D eigenvalue weighted by Crippen LogP contribution is -2.30. The van der Waals surface area contributed by atoms with Crippen LogP contribution < -0.4 is 5.32 Å². The van der Waals surface area contributed by atoms with Crippen LogP contribution >= 0.6 is 0 Å². The van der Waals surface area contributed by atoms with Gasteiger partial charge in [-0.05, 0) is 36.5 Å². The Kier molecular flexibility index (Phi) is 4.05. The van der Waals surface area contributed by atoms with Crippen LogP contribution in [0.3, 0.4) is 0 Å². The van der Waals surface area contributed by atoms with Gasteiger partial charge in [0.1, 0.15) is 0 Å². The van der Waals surface area contributed by atoms with Gasteiger partial charge in [0.05, 0.1) is 6.54 Å². The number of aromatic nitrogens is 2. The van der Waals surface area contributed by atoms with E-state index in [1.807, 2.05) is 23.1 Å². The molecule has 0 amide bonds. The molecule has 20 heavy (non-hydrogen) atoms. The standard InChI is InChI=1S/C17H23N3/c1-14-7-2-4-9-16(14)19-17-10-5-3-8-15(17)13-20-12-6-11-18-20/h3,5-6,8,10-12,14,16,19H,2,4,7,9,13H2,1H3. The van der Waals surface area contributed by atoms with E-state index in [1.54, 1.807) is 0 Å². The molecule has 106 valence electrons. The minimum absolute atomic E-state index is 0.613. The third-order valence-corrected chi connectivity index (χ3v) is 4.36. The van der Waals surface area contributed by atoms with Crippen LogP contribution in [0.1, 0.15) is 38.2 Å². The number of benzene rings is 1. The summed E-state index contributed by atoms with van der Waals surface area (Å²) in [7, 11) is 0. The number of para-hydroxylation sites is 1. The molecule has 1 saturated carbocycles. The molecular weight excluding hydrogens is 246 g/mol. The first-order chi connectivity index (χ1) is 9.83. The summed E-state index contributed by atoms with van der Waals surface area (Å²) in [5, 5.41) is 8.07. The van der Waals surface area contributed by atoms with E-state index in [9.17, 15) is 0 Å². The molecule has 1 fully saturated rings. The second kappa shape index (κ2) is 6.12. The lowest BCUT2D eigenvalue weighted by Gasteiger charge is -2.31. The van der Waals surface area contributed by atoms with Crippen molar-refractivity contribution in [2.24, 2.45) is 5.92 Å². The number of rotatable bonds is 4. The first-order valence-corrected chi connectivity index (χ1v) is 7.65. The quantitative estimate of drug-likeness (QED) is 0.911. The van der Waals surface area contributed by atoms with Crippen molar-refractivity contribution >= 4 is 5.69 Å². The van der Waals surface area contributed by atoms with Crippen molar-refractivity contribution in [1.29, 1.82) is 0 Å². The molecule has 1 N–H and O–H groups in total. The van der Waals surface area contributed by atoms with Gasteiger partial charge in [-0.3, -0.25) is 4.68 Å². The maximum atomic E-state index is 4.30. The van der Waals surface area contributed by atoms with Crippen LogP contribution in [0, 0.1) is 5.92 Å². The third-order valence-electron chi connectivity index (χ3n) is 4.36. The van der Waals surface area contributed by atoms with Crippen LogP contribution in [-0.2, 0) is 6.54 Å². The summed E-state index contributed by atoms with van der Waals surface area (Å²) in [5.74, 6) is 0.765. The van der Waals surface area contributed by atoms with E-state index in [0.29, 0.717) is 6.04 Å². The van der Waals surface area contributed by atoms with Crippen LogP contribution in [0.15, 0.2) is 42.7 Å². The molecule has 0 spiro atoms. The molecule has 0 aliphatic heterocycles. The van der Waals surface area contributed by atoms with Crippen molar-refractivity contribution in [1.82, 2.24) is 9.78 Å². The van der Waals surface area contributed by atoms with Gasteiger partial charge in [0, 0.05) is 24.1 Å². The van der Waals surface area contributed by atoms with Crippen molar-refractivity contribution in [3.63, 3.8) is 0 Å². The average Bonchev–Trinajstić information content (AvgIpc) is 2.96. The van der Waals surface area contributed by atoms with Gasteiger partial charge in [-0.15, -0.1) is 0 Å². The molecular formula is C17H23N3. The largest absolute Gasteiger partial charge is 0.382 e. The zero-order chi connectivity index (χ0) is 13.8. The zero-order valence-corrected chi connectivity index (χ0v) is 12.1. The van der Waals surface area contributed by atoms with Crippen LogP contribution in [0.4, 0.5) is 5.69 Å². The molecule has 1 aliphatic rings. The zero-order valence-electron chi connectivity index (χ0n) is 12.1. The molecule has 0 radical (unpaired) electrons. The van der Waals surface area contributed by atoms with E-state index in [1.165, 1.54) is 36.9 Å². The first kappa shape index (κ1) is 13.2.